The van der Waals surface area contributed by atoms with Crippen LogP contribution in [-0.4, -0.2) is 44.2 Å². The Labute approximate surface area is 165 Å². The fourth-order valence-electron chi connectivity index (χ4n) is 3.03. The van der Waals surface area contributed by atoms with Gasteiger partial charge in [0, 0.05) is 30.4 Å². The number of para-hydroxylation sites is 1. The lowest BCUT2D eigenvalue weighted by atomic mass is 10.1. The second-order valence-corrected chi connectivity index (χ2v) is 6.93. The molecule has 2 amide bonds. The first-order valence-corrected chi connectivity index (χ1v) is 9.72. The van der Waals surface area contributed by atoms with Crippen molar-refractivity contribution in [3.63, 3.8) is 0 Å². The van der Waals surface area contributed by atoms with Crippen molar-refractivity contribution < 1.29 is 14.3 Å². The molecule has 0 radical (unpaired) electrons. The molecule has 1 fully saturated rings. The highest BCUT2D eigenvalue weighted by molar-refractivity contribution is 6.09. The van der Waals surface area contributed by atoms with E-state index in [0.29, 0.717) is 16.8 Å². The van der Waals surface area contributed by atoms with Crippen LogP contribution in [0.5, 0.6) is 0 Å². The summed E-state index contributed by atoms with van der Waals surface area (Å²) in [6, 6.07) is 14.6. The molecule has 1 heterocycles. The van der Waals surface area contributed by atoms with E-state index in [9.17, 15) is 9.59 Å². The maximum absolute atomic E-state index is 12.7. The molecule has 148 valence electrons. The SMILES string of the molecule is CC[C@@H](C)NC(=O)c1ccccc1NC(=O)c1ccc(N2CCOCC2)cc1. The summed E-state index contributed by atoms with van der Waals surface area (Å²) < 4.78 is 5.37. The van der Waals surface area contributed by atoms with Gasteiger partial charge in [-0.05, 0) is 49.7 Å². The second kappa shape index (κ2) is 9.37. The number of benzene rings is 2. The zero-order valence-electron chi connectivity index (χ0n) is 16.4. The molecular weight excluding hydrogens is 354 g/mol. The van der Waals surface area contributed by atoms with Crippen LogP contribution in [0.3, 0.4) is 0 Å². The van der Waals surface area contributed by atoms with Crippen molar-refractivity contribution in [1.82, 2.24) is 5.32 Å². The number of ether oxygens (including phenoxy) is 1. The number of carbonyl (C=O) groups excluding carboxylic acids is 2. The zero-order chi connectivity index (χ0) is 19.9. The van der Waals surface area contributed by atoms with Crippen LogP contribution in [0, 0.1) is 0 Å². The number of nitrogens with zero attached hydrogens (tertiary/aromatic N) is 1. The predicted molar refractivity (Wildman–Crippen MR) is 111 cm³/mol. The third-order valence-corrected chi connectivity index (χ3v) is 4.92. The van der Waals surface area contributed by atoms with Crippen LogP contribution in [0.15, 0.2) is 48.5 Å². The molecule has 6 heteroatoms. The molecule has 1 atom stereocenters. The first-order valence-electron chi connectivity index (χ1n) is 9.72. The van der Waals surface area contributed by atoms with Crippen molar-refractivity contribution >= 4 is 23.2 Å². The Balaban J connectivity index is 1.70. The highest BCUT2D eigenvalue weighted by atomic mass is 16.5. The van der Waals surface area contributed by atoms with E-state index in [4.69, 9.17) is 4.74 Å². The highest BCUT2D eigenvalue weighted by Gasteiger charge is 2.16. The van der Waals surface area contributed by atoms with Crippen LogP contribution in [0.2, 0.25) is 0 Å². The third kappa shape index (κ3) is 4.89. The van der Waals surface area contributed by atoms with Gasteiger partial charge in [0.05, 0.1) is 24.5 Å². The van der Waals surface area contributed by atoms with Crippen LogP contribution in [0.4, 0.5) is 11.4 Å². The number of amides is 2. The minimum atomic E-state index is -0.239. The predicted octanol–water partition coefficient (Wildman–Crippen LogP) is 3.30. The average molecular weight is 381 g/mol. The fourth-order valence-corrected chi connectivity index (χ4v) is 3.03. The summed E-state index contributed by atoms with van der Waals surface area (Å²) in [6.07, 6.45) is 0.843. The summed E-state index contributed by atoms with van der Waals surface area (Å²) in [5, 5.41) is 5.80. The average Bonchev–Trinajstić information content (AvgIpc) is 2.74. The molecule has 0 bridgehead atoms. The summed E-state index contributed by atoms with van der Waals surface area (Å²) in [4.78, 5) is 27.4. The van der Waals surface area contributed by atoms with Gasteiger partial charge in [0.2, 0.25) is 0 Å². The largest absolute Gasteiger partial charge is 0.378 e. The number of rotatable bonds is 6. The van der Waals surface area contributed by atoms with Crippen LogP contribution < -0.4 is 15.5 Å². The molecule has 2 aromatic carbocycles. The van der Waals surface area contributed by atoms with Gasteiger partial charge in [-0.1, -0.05) is 19.1 Å². The number of carbonyl (C=O) groups is 2. The van der Waals surface area contributed by atoms with Crippen LogP contribution in [-0.2, 0) is 4.74 Å². The highest BCUT2D eigenvalue weighted by Crippen LogP contribution is 2.19. The number of morpholine rings is 1. The van der Waals surface area contributed by atoms with Gasteiger partial charge in [-0.2, -0.15) is 0 Å². The lowest BCUT2D eigenvalue weighted by Gasteiger charge is -2.28. The fraction of sp³-hybridized carbons (Fsp3) is 0.364. The van der Waals surface area contributed by atoms with Crippen molar-refractivity contribution in [1.29, 1.82) is 0 Å². The maximum atomic E-state index is 12.7. The zero-order valence-corrected chi connectivity index (χ0v) is 16.4. The Kier molecular flexibility index (Phi) is 6.66. The van der Waals surface area contributed by atoms with Gasteiger partial charge in [0.15, 0.2) is 0 Å². The smallest absolute Gasteiger partial charge is 0.255 e. The molecule has 6 nitrogen and oxygen atoms in total. The molecule has 1 aliphatic heterocycles. The molecule has 2 aromatic rings. The molecule has 0 saturated carbocycles. The normalized spacial score (nSPS) is 15.0. The minimum Gasteiger partial charge on any atom is -0.378 e. The number of hydrogen-bond donors (Lipinski definition) is 2. The molecule has 0 aromatic heterocycles. The van der Waals surface area contributed by atoms with Crippen molar-refractivity contribution in [3.05, 3.63) is 59.7 Å². The van der Waals surface area contributed by atoms with Gasteiger partial charge in [-0.3, -0.25) is 9.59 Å². The topological polar surface area (TPSA) is 70.7 Å². The van der Waals surface area contributed by atoms with E-state index < -0.39 is 0 Å². The lowest BCUT2D eigenvalue weighted by molar-refractivity contribution is 0.0940. The van der Waals surface area contributed by atoms with Gasteiger partial charge in [-0.25, -0.2) is 0 Å². The van der Waals surface area contributed by atoms with E-state index in [0.717, 1.165) is 38.4 Å². The third-order valence-electron chi connectivity index (χ3n) is 4.92. The Bertz CT molecular complexity index is 814. The Morgan fingerprint density at radius 3 is 2.39 bits per heavy atom. The summed E-state index contributed by atoms with van der Waals surface area (Å²) in [7, 11) is 0. The van der Waals surface area contributed by atoms with Crippen LogP contribution in [0.25, 0.3) is 0 Å². The Hall–Kier alpha value is -2.86. The first kappa shape index (κ1) is 19.9. The van der Waals surface area contributed by atoms with E-state index in [1.54, 1.807) is 24.3 Å². The maximum Gasteiger partial charge on any atom is 0.255 e. The lowest BCUT2D eigenvalue weighted by Crippen LogP contribution is -2.36. The summed E-state index contributed by atoms with van der Waals surface area (Å²) in [5.74, 6) is -0.426. The van der Waals surface area contributed by atoms with Gasteiger partial charge in [0.1, 0.15) is 0 Å². The molecule has 3 rings (SSSR count). The van der Waals surface area contributed by atoms with Gasteiger partial charge < -0.3 is 20.3 Å². The summed E-state index contributed by atoms with van der Waals surface area (Å²) in [5.41, 5.74) is 2.59. The molecule has 2 N–H and O–H groups in total. The molecule has 28 heavy (non-hydrogen) atoms. The number of hydrogen-bond acceptors (Lipinski definition) is 4. The van der Waals surface area contributed by atoms with Crippen molar-refractivity contribution in [2.75, 3.05) is 36.5 Å². The molecular formula is C22H27N3O3. The van der Waals surface area contributed by atoms with E-state index in [2.05, 4.69) is 15.5 Å². The molecule has 0 aliphatic carbocycles. The summed E-state index contributed by atoms with van der Waals surface area (Å²) >= 11 is 0. The Morgan fingerprint density at radius 2 is 1.71 bits per heavy atom. The second-order valence-electron chi connectivity index (χ2n) is 6.93. The molecule has 0 unspecified atom stereocenters. The van der Waals surface area contributed by atoms with Gasteiger partial charge in [-0.15, -0.1) is 0 Å². The molecule has 1 aliphatic rings. The van der Waals surface area contributed by atoms with Crippen molar-refractivity contribution in [3.8, 4) is 0 Å². The summed E-state index contributed by atoms with van der Waals surface area (Å²) in [6.45, 7) is 7.11. The quantitative estimate of drug-likeness (QED) is 0.805. The van der Waals surface area contributed by atoms with E-state index in [1.165, 1.54) is 0 Å². The molecule has 0 spiro atoms. The Morgan fingerprint density at radius 1 is 1.04 bits per heavy atom. The standard InChI is InChI=1S/C22H27N3O3/c1-3-16(2)23-22(27)19-6-4-5-7-20(19)24-21(26)17-8-10-18(11-9-17)25-12-14-28-15-13-25/h4-11,16H,3,12-15H2,1-2H3,(H,23,27)(H,24,26)/t16-/m1/s1. The first-order chi connectivity index (χ1) is 13.6. The number of nitrogens with one attached hydrogen (secondary N) is 2. The van der Waals surface area contributed by atoms with E-state index in [1.807, 2.05) is 38.1 Å². The molecule has 1 saturated heterocycles. The van der Waals surface area contributed by atoms with Crippen molar-refractivity contribution in [2.45, 2.75) is 26.3 Å². The van der Waals surface area contributed by atoms with Crippen molar-refractivity contribution in [2.24, 2.45) is 0 Å². The number of anilines is 2. The van der Waals surface area contributed by atoms with E-state index in [-0.39, 0.29) is 17.9 Å². The van der Waals surface area contributed by atoms with Crippen LogP contribution in [0.1, 0.15) is 41.0 Å². The van der Waals surface area contributed by atoms with Gasteiger partial charge >= 0.3 is 0 Å². The van der Waals surface area contributed by atoms with Gasteiger partial charge in [0.25, 0.3) is 11.8 Å². The van der Waals surface area contributed by atoms with Crippen LogP contribution >= 0.6 is 0 Å². The minimum absolute atomic E-state index is 0.0731. The van der Waals surface area contributed by atoms with E-state index >= 15 is 0 Å². The monoisotopic (exact) mass is 381 g/mol.